The van der Waals surface area contributed by atoms with Gasteiger partial charge in [-0.05, 0) is 36.1 Å². The minimum absolute atomic E-state index is 0.0498. The van der Waals surface area contributed by atoms with Crippen molar-refractivity contribution in [2.45, 2.75) is 32.7 Å². The van der Waals surface area contributed by atoms with Gasteiger partial charge in [0.05, 0.1) is 16.8 Å². The van der Waals surface area contributed by atoms with Crippen LogP contribution >= 0.6 is 11.6 Å². The number of nitrogens with one attached hydrogen (secondary N) is 1. The van der Waals surface area contributed by atoms with E-state index in [0.717, 1.165) is 12.0 Å². The number of rotatable bonds is 5. The van der Waals surface area contributed by atoms with Crippen LogP contribution < -0.4 is 10.2 Å². The fourth-order valence-electron chi connectivity index (χ4n) is 3.28. The average Bonchev–Trinajstić information content (AvgIpc) is 3.06. The van der Waals surface area contributed by atoms with Gasteiger partial charge < -0.3 is 10.2 Å². The van der Waals surface area contributed by atoms with E-state index in [1.807, 2.05) is 30.3 Å². The van der Waals surface area contributed by atoms with Crippen LogP contribution in [0.5, 0.6) is 0 Å². The van der Waals surface area contributed by atoms with Crippen LogP contribution in [0.15, 0.2) is 48.5 Å². The number of halogens is 1. The summed E-state index contributed by atoms with van der Waals surface area (Å²) in [4.78, 5) is 26.5. The zero-order valence-electron chi connectivity index (χ0n) is 15.0. The third kappa shape index (κ3) is 3.91. The summed E-state index contributed by atoms with van der Waals surface area (Å²) in [7, 11) is 0. The van der Waals surface area contributed by atoms with Crippen LogP contribution in [0.4, 0.5) is 5.69 Å². The Morgan fingerprint density at radius 3 is 2.50 bits per heavy atom. The zero-order chi connectivity index (χ0) is 18.7. The summed E-state index contributed by atoms with van der Waals surface area (Å²) in [6, 6.07) is 14.9. The van der Waals surface area contributed by atoms with Gasteiger partial charge in [0, 0.05) is 18.5 Å². The standard InChI is InChI=1S/C21H23ClN2O2/c1-14(2)20(15-7-4-3-5-8-15)23-21(26)16-10-11-17(22)18(13-16)24-12-6-9-19(24)25/h3-5,7-8,10-11,13-14,20H,6,9,12H2,1-2H3,(H,23,26). The van der Waals surface area contributed by atoms with Gasteiger partial charge in [0.2, 0.25) is 5.91 Å². The number of hydrogen-bond acceptors (Lipinski definition) is 2. The number of nitrogens with zero attached hydrogens (tertiary/aromatic N) is 1. The first-order chi connectivity index (χ1) is 12.5. The normalized spacial score (nSPS) is 15.4. The number of benzene rings is 2. The molecule has 0 saturated carbocycles. The Morgan fingerprint density at radius 2 is 1.88 bits per heavy atom. The Morgan fingerprint density at radius 1 is 1.15 bits per heavy atom. The van der Waals surface area contributed by atoms with E-state index in [1.165, 1.54) is 0 Å². The van der Waals surface area contributed by atoms with Gasteiger partial charge in [-0.25, -0.2) is 0 Å². The first-order valence-electron chi connectivity index (χ1n) is 8.93. The molecule has 1 atom stereocenters. The molecule has 0 aliphatic carbocycles. The number of amides is 2. The van der Waals surface area contributed by atoms with Crippen LogP contribution in [0, 0.1) is 5.92 Å². The first-order valence-corrected chi connectivity index (χ1v) is 9.31. The fourth-order valence-corrected chi connectivity index (χ4v) is 3.50. The highest BCUT2D eigenvalue weighted by atomic mass is 35.5. The molecule has 0 aromatic heterocycles. The summed E-state index contributed by atoms with van der Waals surface area (Å²) < 4.78 is 0. The summed E-state index contributed by atoms with van der Waals surface area (Å²) in [5.74, 6) is 0.124. The molecule has 26 heavy (non-hydrogen) atoms. The molecule has 136 valence electrons. The monoisotopic (exact) mass is 370 g/mol. The van der Waals surface area contributed by atoms with Gasteiger partial charge in [-0.2, -0.15) is 0 Å². The number of hydrogen-bond donors (Lipinski definition) is 1. The molecule has 3 rings (SSSR count). The number of carbonyl (C=O) groups is 2. The predicted octanol–water partition coefficient (Wildman–Crippen LogP) is 4.59. The van der Waals surface area contributed by atoms with Crippen LogP contribution in [0.3, 0.4) is 0 Å². The van der Waals surface area contributed by atoms with Crippen LogP contribution in [0.1, 0.15) is 48.7 Å². The third-order valence-electron chi connectivity index (χ3n) is 4.68. The Hall–Kier alpha value is -2.33. The summed E-state index contributed by atoms with van der Waals surface area (Å²) in [6.07, 6.45) is 1.34. The topological polar surface area (TPSA) is 49.4 Å². The van der Waals surface area contributed by atoms with Gasteiger partial charge in [-0.15, -0.1) is 0 Å². The van der Waals surface area contributed by atoms with Crippen molar-refractivity contribution in [2.75, 3.05) is 11.4 Å². The maximum Gasteiger partial charge on any atom is 0.251 e. The van der Waals surface area contributed by atoms with Gasteiger partial charge in [0.25, 0.3) is 5.91 Å². The molecule has 1 fully saturated rings. The van der Waals surface area contributed by atoms with Gasteiger partial charge in [0.1, 0.15) is 0 Å². The van der Waals surface area contributed by atoms with E-state index >= 15 is 0 Å². The lowest BCUT2D eigenvalue weighted by atomic mass is 9.95. The van der Waals surface area contributed by atoms with Crippen LogP contribution in [-0.2, 0) is 4.79 Å². The van der Waals surface area contributed by atoms with Crippen molar-refractivity contribution in [3.8, 4) is 0 Å². The van der Waals surface area contributed by atoms with E-state index in [9.17, 15) is 9.59 Å². The third-order valence-corrected chi connectivity index (χ3v) is 5.00. The molecule has 0 radical (unpaired) electrons. The van der Waals surface area contributed by atoms with Crippen molar-refractivity contribution >= 4 is 29.1 Å². The van der Waals surface area contributed by atoms with Gasteiger partial charge in [-0.3, -0.25) is 9.59 Å². The minimum atomic E-state index is -0.169. The van der Waals surface area contributed by atoms with E-state index in [-0.39, 0.29) is 23.8 Å². The second kappa shape index (κ2) is 7.92. The molecule has 1 unspecified atom stereocenters. The molecule has 1 heterocycles. The lowest BCUT2D eigenvalue weighted by Crippen LogP contribution is -2.32. The van der Waals surface area contributed by atoms with Crippen molar-refractivity contribution in [1.29, 1.82) is 0 Å². The summed E-state index contributed by atoms with van der Waals surface area (Å²) in [5, 5.41) is 3.60. The largest absolute Gasteiger partial charge is 0.345 e. The highest BCUT2D eigenvalue weighted by Crippen LogP contribution is 2.31. The first kappa shape index (κ1) is 18.5. The van der Waals surface area contributed by atoms with Crippen molar-refractivity contribution < 1.29 is 9.59 Å². The summed E-state index contributed by atoms with van der Waals surface area (Å²) in [6.45, 7) is 4.80. The molecular formula is C21H23ClN2O2. The number of anilines is 1. The highest BCUT2D eigenvalue weighted by Gasteiger charge is 2.25. The molecule has 2 aromatic carbocycles. The summed E-state index contributed by atoms with van der Waals surface area (Å²) in [5.41, 5.74) is 2.19. The highest BCUT2D eigenvalue weighted by molar-refractivity contribution is 6.34. The second-order valence-electron chi connectivity index (χ2n) is 6.92. The smallest absolute Gasteiger partial charge is 0.251 e. The maximum atomic E-state index is 12.8. The van der Waals surface area contributed by atoms with E-state index < -0.39 is 0 Å². The lowest BCUT2D eigenvalue weighted by molar-refractivity contribution is -0.117. The minimum Gasteiger partial charge on any atom is -0.345 e. The maximum absolute atomic E-state index is 12.8. The predicted molar refractivity (Wildman–Crippen MR) is 105 cm³/mol. The van der Waals surface area contributed by atoms with Crippen molar-refractivity contribution in [2.24, 2.45) is 5.92 Å². The molecule has 2 aromatic rings. The van der Waals surface area contributed by atoms with Crippen LogP contribution in [0.2, 0.25) is 5.02 Å². The van der Waals surface area contributed by atoms with Crippen LogP contribution in [-0.4, -0.2) is 18.4 Å². The molecule has 5 heteroatoms. The van der Waals surface area contributed by atoms with E-state index in [1.54, 1.807) is 23.1 Å². The fraction of sp³-hybridized carbons (Fsp3) is 0.333. The Kier molecular flexibility index (Phi) is 5.62. The summed E-state index contributed by atoms with van der Waals surface area (Å²) >= 11 is 6.27. The van der Waals surface area contributed by atoms with E-state index in [4.69, 9.17) is 11.6 Å². The molecule has 0 bridgehead atoms. The Labute approximate surface area is 159 Å². The number of carbonyl (C=O) groups excluding carboxylic acids is 2. The van der Waals surface area contributed by atoms with Gasteiger partial charge in [0.15, 0.2) is 0 Å². The molecule has 0 spiro atoms. The van der Waals surface area contributed by atoms with E-state index in [2.05, 4.69) is 19.2 Å². The molecule has 1 saturated heterocycles. The Bertz CT molecular complexity index is 805. The van der Waals surface area contributed by atoms with Crippen LogP contribution in [0.25, 0.3) is 0 Å². The van der Waals surface area contributed by atoms with Gasteiger partial charge in [-0.1, -0.05) is 55.8 Å². The second-order valence-corrected chi connectivity index (χ2v) is 7.33. The van der Waals surface area contributed by atoms with Crippen molar-refractivity contribution in [3.63, 3.8) is 0 Å². The molecule has 1 N–H and O–H groups in total. The lowest BCUT2D eigenvalue weighted by Gasteiger charge is -2.24. The average molecular weight is 371 g/mol. The molecular weight excluding hydrogens is 348 g/mol. The quantitative estimate of drug-likeness (QED) is 0.836. The Balaban J connectivity index is 1.84. The molecule has 1 aliphatic rings. The van der Waals surface area contributed by atoms with Crippen molar-refractivity contribution in [1.82, 2.24) is 5.32 Å². The SMILES string of the molecule is CC(C)C(NC(=O)c1ccc(Cl)c(N2CCCC2=O)c1)c1ccccc1. The van der Waals surface area contributed by atoms with Crippen molar-refractivity contribution in [3.05, 3.63) is 64.7 Å². The zero-order valence-corrected chi connectivity index (χ0v) is 15.8. The van der Waals surface area contributed by atoms with E-state index in [0.29, 0.717) is 29.2 Å². The molecule has 4 nitrogen and oxygen atoms in total. The molecule has 1 aliphatic heterocycles. The van der Waals surface area contributed by atoms with Gasteiger partial charge >= 0.3 is 0 Å². The molecule has 2 amide bonds.